The van der Waals surface area contributed by atoms with E-state index in [1.807, 2.05) is 13.0 Å². The van der Waals surface area contributed by atoms with Gasteiger partial charge in [-0.05, 0) is 18.6 Å². The minimum absolute atomic E-state index is 0.198. The molecule has 0 radical (unpaired) electrons. The van der Waals surface area contributed by atoms with Crippen LogP contribution in [0.4, 0.5) is 5.69 Å². The van der Waals surface area contributed by atoms with E-state index in [2.05, 4.69) is 10.6 Å². The van der Waals surface area contributed by atoms with Crippen LogP contribution in [0.25, 0.3) is 0 Å². The summed E-state index contributed by atoms with van der Waals surface area (Å²) in [5.41, 5.74) is 6.09. The zero-order valence-electron chi connectivity index (χ0n) is 10.8. The molecule has 5 N–H and O–H groups in total. The Labute approximate surface area is 112 Å². The van der Waals surface area contributed by atoms with Gasteiger partial charge in [0.25, 0.3) is 5.91 Å². The molecule has 6 heteroatoms. The van der Waals surface area contributed by atoms with Crippen molar-refractivity contribution in [1.82, 2.24) is 5.32 Å². The summed E-state index contributed by atoms with van der Waals surface area (Å²) in [6.45, 7) is 2.59. The Hall–Kier alpha value is -2.08. The first kappa shape index (κ1) is 15.0. The molecule has 0 saturated carbocycles. The molecule has 0 aliphatic heterocycles. The molecule has 1 aromatic carbocycles. The second-order valence-electron chi connectivity index (χ2n) is 4.10. The van der Waals surface area contributed by atoms with E-state index in [-0.39, 0.29) is 12.5 Å². The molecule has 0 bridgehead atoms. The Kier molecular flexibility index (Phi) is 5.81. The number of carbonyl (C=O) groups is 2. The van der Waals surface area contributed by atoms with E-state index < -0.39 is 12.0 Å². The Bertz CT molecular complexity index is 449. The molecular weight excluding hydrogens is 246 g/mol. The van der Waals surface area contributed by atoms with Crippen molar-refractivity contribution in [1.29, 1.82) is 0 Å². The summed E-state index contributed by atoms with van der Waals surface area (Å²) in [6, 6.07) is 7.04. The number of hydrogen-bond donors (Lipinski definition) is 4. The highest BCUT2D eigenvalue weighted by Crippen LogP contribution is 2.14. The van der Waals surface area contributed by atoms with Crippen LogP contribution in [0.15, 0.2) is 24.3 Å². The predicted octanol–water partition coefficient (Wildman–Crippen LogP) is 0.0845. The van der Waals surface area contributed by atoms with Crippen molar-refractivity contribution < 1.29 is 14.7 Å². The first-order valence-electron chi connectivity index (χ1n) is 6.14. The molecule has 0 saturated heterocycles. The fourth-order valence-electron chi connectivity index (χ4n) is 1.48. The van der Waals surface area contributed by atoms with Crippen molar-refractivity contribution in [3.63, 3.8) is 0 Å². The summed E-state index contributed by atoms with van der Waals surface area (Å²) >= 11 is 0. The fourth-order valence-corrected chi connectivity index (χ4v) is 1.48. The van der Waals surface area contributed by atoms with Gasteiger partial charge in [-0.25, -0.2) is 0 Å². The number of benzene rings is 1. The average Bonchev–Trinajstić information content (AvgIpc) is 2.42. The highest BCUT2D eigenvalue weighted by Gasteiger charge is 2.15. The largest absolute Gasteiger partial charge is 0.384 e. The van der Waals surface area contributed by atoms with Gasteiger partial charge in [-0.1, -0.05) is 19.1 Å². The van der Waals surface area contributed by atoms with Crippen LogP contribution < -0.4 is 16.4 Å². The number of amides is 2. The third-order valence-electron chi connectivity index (χ3n) is 2.52. The third kappa shape index (κ3) is 4.59. The van der Waals surface area contributed by atoms with Gasteiger partial charge in [0.1, 0.15) is 6.10 Å². The monoisotopic (exact) mass is 265 g/mol. The van der Waals surface area contributed by atoms with Crippen LogP contribution in [0.2, 0.25) is 0 Å². The van der Waals surface area contributed by atoms with Gasteiger partial charge >= 0.3 is 0 Å². The minimum Gasteiger partial charge on any atom is -0.384 e. The lowest BCUT2D eigenvalue weighted by molar-refractivity contribution is -0.125. The molecule has 1 aromatic rings. The van der Waals surface area contributed by atoms with Gasteiger partial charge in [-0.3, -0.25) is 9.59 Å². The van der Waals surface area contributed by atoms with Crippen LogP contribution in [0, 0.1) is 0 Å². The van der Waals surface area contributed by atoms with Crippen LogP contribution in [0.3, 0.4) is 0 Å². The number of para-hydroxylation sites is 1. The van der Waals surface area contributed by atoms with Gasteiger partial charge in [0, 0.05) is 12.2 Å². The number of rotatable bonds is 7. The number of aliphatic hydroxyl groups excluding tert-OH is 1. The zero-order valence-corrected chi connectivity index (χ0v) is 10.8. The van der Waals surface area contributed by atoms with Crippen LogP contribution in [-0.2, 0) is 4.79 Å². The first-order chi connectivity index (χ1) is 9.06. The van der Waals surface area contributed by atoms with E-state index in [1.165, 1.54) is 0 Å². The van der Waals surface area contributed by atoms with Crippen molar-refractivity contribution >= 4 is 17.5 Å². The Morgan fingerprint density at radius 3 is 2.68 bits per heavy atom. The number of primary amides is 1. The summed E-state index contributed by atoms with van der Waals surface area (Å²) in [4.78, 5) is 22.6. The summed E-state index contributed by atoms with van der Waals surface area (Å²) < 4.78 is 0. The SMILES string of the molecule is CCCNc1ccccc1C(=O)NCC(O)C(N)=O. The minimum atomic E-state index is -1.38. The van der Waals surface area contributed by atoms with E-state index >= 15 is 0 Å². The lowest BCUT2D eigenvalue weighted by Gasteiger charge is -2.12. The zero-order chi connectivity index (χ0) is 14.3. The van der Waals surface area contributed by atoms with Gasteiger partial charge in [-0.15, -0.1) is 0 Å². The number of anilines is 1. The molecule has 0 heterocycles. The van der Waals surface area contributed by atoms with Crippen molar-refractivity contribution in [3.8, 4) is 0 Å². The number of aliphatic hydroxyl groups is 1. The maximum Gasteiger partial charge on any atom is 0.253 e. The summed E-state index contributed by atoms with van der Waals surface area (Å²) in [5.74, 6) is -1.22. The number of nitrogens with one attached hydrogen (secondary N) is 2. The van der Waals surface area contributed by atoms with Gasteiger partial charge in [0.15, 0.2) is 0 Å². The molecule has 6 nitrogen and oxygen atoms in total. The van der Waals surface area contributed by atoms with Gasteiger partial charge in [-0.2, -0.15) is 0 Å². The number of hydrogen-bond acceptors (Lipinski definition) is 4. The molecule has 1 unspecified atom stereocenters. The van der Waals surface area contributed by atoms with Gasteiger partial charge in [0.05, 0.1) is 12.1 Å². The fraction of sp³-hybridized carbons (Fsp3) is 0.385. The summed E-state index contributed by atoms with van der Waals surface area (Å²) in [5, 5.41) is 14.8. The van der Waals surface area contributed by atoms with Crippen LogP contribution in [0.5, 0.6) is 0 Å². The Morgan fingerprint density at radius 1 is 1.37 bits per heavy atom. The Balaban J connectivity index is 2.68. The van der Waals surface area contributed by atoms with Crippen LogP contribution in [0.1, 0.15) is 23.7 Å². The van der Waals surface area contributed by atoms with Crippen molar-refractivity contribution in [3.05, 3.63) is 29.8 Å². The first-order valence-corrected chi connectivity index (χ1v) is 6.14. The molecule has 0 aromatic heterocycles. The molecule has 1 rings (SSSR count). The van der Waals surface area contributed by atoms with Crippen LogP contribution in [-0.4, -0.2) is 36.1 Å². The van der Waals surface area contributed by atoms with Gasteiger partial charge in [0.2, 0.25) is 5.91 Å². The molecular formula is C13H19N3O3. The highest BCUT2D eigenvalue weighted by atomic mass is 16.3. The van der Waals surface area contributed by atoms with Crippen molar-refractivity contribution in [2.75, 3.05) is 18.4 Å². The van der Waals surface area contributed by atoms with E-state index in [0.717, 1.165) is 18.7 Å². The molecule has 2 amide bonds. The normalized spacial score (nSPS) is 11.7. The molecule has 104 valence electrons. The smallest absolute Gasteiger partial charge is 0.253 e. The van der Waals surface area contributed by atoms with E-state index in [0.29, 0.717) is 5.56 Å². The predicted molar refractivity (Wildman–Crippen MR) is 72.8 cm³/mol. The van der Waals surface area contributed by atoms with E-state index in [9.17, 15) is 14.7 Å². The third-order valence-corrected chi connectivity index (χ3v) is 2.52. The quantitative estimate of drug-likeness (QED) is 0.560. The van der Waals surface area contributed by atoms with Crippen molar-refractivity contribution in [2.45, 2.75) is 19.4 Å². The topological polar surface area (TPSA) is 104 Å². The lowest BCUT2D eigenvalue weighted by atomic mass is 10.1. The molecule has 19 heavy (non-hydrogen) atoms. The molecule has 1 atom stereocenters. The maximum absolute atomic E-state index is 11.9. The molecule has 0 aliphatic rings. The van der Waals surface area contributed by atoms with Gasteiger partial charge < -0.3 is 21.5 Å². The molecule has 0 spiro atoms. The second kappa shape index (κ2) is 7.38. The number of nitrogens with two attached hydrogens (primary N) is 1. The average molecular weight is 265 g/mol. The summed E-state index contributed by atoms with van der Waals surface area (Å²) in [7, 11) is 0. The molecule has 0 fully saturated rings. The Morgan fingerprint density at radius 2 is 2.05 bits per heavy atom. The standard InChI is InChI=1S/C13H19N3O3/c1-2-7-15-10-6-4-3-5-9(10)13(19)16-8-11(17)12(14)18/h3-6,11,15,17H,2,7-8H2,1H3,(H2,14,18)(H,16,19). The second-order valence-corrected chi connectivity index (χ2v) is 4.10. The maximum atomic E-state index is 11.9. The summed E-state index contributed by atoms with van der Waals surface area (Å²) in [6.07, 6.45) is -0.434. The van der Waals surface area contributed by atoms with E-state index in [4.69, 9.17) is 5.73 Å². The number of carbonyl (C=O) groups excluding carboxylic acids is 2. The van der Waals surface area contributed by atoms with Crippen molar-refractivity contribution in [2.24, 2.45) is 5.73 Å². The van der Waals surface area contributed by atoms with E-state index in [1.54, 1.807) is 18.2 Å². The lowest BCUT2D eigenvalue weighted by Crippen LogP contribution is -2.40. The molecule has 0 aliphatic carbocycles. The van der Waals surface area contributed by atoms with Crippen LogP contribution >= 0.6 is 0 Å². The highest BCUT2D eigenvalue weighted by molar-refractivity contribution is 5.99.